The first-order chi connectivity index (χ1) is 13.4. The molecule has 2 fully saturated rings. The van der Waals surface area contributed by atoms with Crippen molar-refractivity contribution in [3.05, 3.63) is 33.9 Å². The van der Waals surface area contributed by atoms with E-state index in [-0.39, 0.29) is 28.9 Å². The van der Waals surface area contributed by atoms with Gasteiger partial charge in [0.2, 0.25) is 5.43 Å². The van der Waals surface area contributed by atoms with Crippen molar-refractivity contribution < 1.29 is 23.8 Å². The maximum Gasteiger partial charge on any atom is 0.341 e. The van der Waals surface area contributed by atoms with Gasteiger partial charge in [0.05, 0.1) is 37.3 Å². The van der Waals surface area contributed by atoms with Crippen LogP contribution in [0.5, 0.6) is 5.75 Å². The van der Waals surface area contributed by atoms with Crippen LogP contribution in [0.25, 0.3) is 10.9 Å². The zero-order chi connectivity index (χ0) is 20.0. The first-order valence-corrected chi connectivity index (χ1v) is 9.19. The van der Waals surface area contributed by atoms with E-state index in [1.165, 1.54) is 13.3 Å². The lowest BCUT2D eigenvalue weighted by Gasteiger charge is -2.35. The van der Waals surface area contributed by atoms with Crippen LogP contribution in [0.15, 0.2) is 17.1 Å². The summed E-state index contributed by atoms with van der Waals surface area (Å²) in [6.07, 6.45) is 2.98. The van der Waals surface area contributed by atoms with Gasteiger partial charge in [-0.1, -0.05) is 0 Å². The monoisotopic (exact) mass is 391 g/mol. The average Bonchev–Trinajstić information content (AvgIpc) is 2.61. The minimum Gasteiger partial charge on any atom is -0.492 e. The normalized spacial score (nSPS) is 20.2. The summed E-state index contributed by atoms with van der Waals surface area (Å²) in [5.41, 5.74) is 5.54. The van der Waals surface area contributed by atoms with Crippen molar-refractivity contribution in [2.24, 2.45) is 5.73 Å². The summed E-state index contributed by atoms with van der Waals surface area (Å²) >= 11 is 0. The number of carboxylic acids is 1. The number of anilines is 1. The van der Waals surface area contributed by atoms with E-state index >= 15 is 4.39 Å². The second-order valence-electron chi connectivity index (χ2n) is 7.26. The molecule has 2 saturated heterocycles. The van der Waals surface area contributed by atoms with Gasteiger partial charge in [-0.2, -0.15) is 0 Å². The van der Waals surface area contributed by atoms with Crippen LogP contribution in [0.2, 0.25) is 0 Å². The molecular weight excluding hydrogens is 369 g/mol. The summed E-state index contributed by atoms with van der Waals surface area (Å²) < 4.78 is 27.6. The van der Waals surface area contributed by atoms with E-state index < -0.39 is 22.8 Å². The summed E-state index contributed by atoms with van der Waals surface area (Å²) in [6.45, 7) is 1.85. The third-order valence-corrected chi connectivity index (χ3v) is 5.42. The molecule has 3 heterocycles. The van der Waals surface area contributed by atoms with Gasteiger partial charge in [-0.25, -0.2) is 9.18 Å². The van der Waals surface area contributed by atoms with Crippen LogP contribution in [0, 0.1) is 5.82 Å². The number of rotatable bonds is 4. The number of benzene rings is 1. The van der Waals surface area contributed by atoms with Gasteiger partial charge < -0.3 is 29.8 Å². The maximum absolute atomic E-state index is 15.1. The Labute approximate surface area is 160 Å². The molecule has 0 spiro atoms. The van der Waals surface area contributed by atoms with Gasteiger partial charge in [-0.3, -0.25) is 4.79 Å². The van der Waals surface area contributed by atoms with Gasteiger partial charge in [0.15, 0.2) is 11.6 Å². The number of pyridine rings is 1. The van der Waals surface area contributed by atoms with Gasteiger partial charge in [-0.05, 0) is 18.9 Å². The Balaban J connectivity index is 2.03. The Bertz CT molecular complexity index is 1000. The lowest BCUT2D eigenvalue weighted by molar-refractivity contribution is -0.0218. The Morgan fingerprint density at radius 1 is 1.43 bits per heavy atom. The number of aromatic carboxylic acids is 1. The molecule has 28 heavy (non-hydrogen) atoms. The number of hydrogen-bond acceptors (Lipinski definition) is 6. The smallest absolute Gasteiger partial charge is 0.341 e. The standard InChI is InChI=1S/C19H22FN3O5/c1-27-18-15-12(5-14(20)16(18)22-4-2-3-10(21)6-22)17(24)13(19(25)26)7-23(15)11-8-28-9-11/h5,7,10-11H,2-4,6,8-9,21H2,1H3,(H,25,26). The molecule has 0 radical (unpaired) electrons. The van der Waals surface area contributed by atoms with Crippen molar-refractivity contribution in [1.82, 2.24) is 4.57 Å². The molecule has 8 nitrogen and oxygen atoms in total. The number of fused-ring (bicyclic) bond motifs is 1. The number of methoxy groups -OCH3 is 1. The molecule has 0 saturated carbocycles. The second kappa shape index (κ2) is 7.06. The van der Waals surface area contributed by atoms with Crippen LogP contribution in [0.1, 0.15) is 29.2 Å². The van der Waals surface area contributed by atoms with Crippen molar-refractivity contribution >= 4 is 22.6 Å². The SMILES string of the molecule is COc1c(N2CCCC(N)C2)c(F)cc2c(=O)c(C(=O)O)cn(C3COC3)c12. The predicted octanol–water partition coefficient (Wildman–Crippen LogP) is 1.35. The minimum atomic E-state index is -1.36. The molecule has 150 valence electrons. The van der Waals surface area contributed by atoms with Crippen LogP contribution in [0.3, 0.4) is 0 Å². The number of hydrogen-bond donors (Lipinski definition) is 2. The number of halogens is 1. The fourth-order valence-electron chi connectivity index (χ4n) is 3.97. The topological polar surface area (TPSA) is 107 Å². The number of ether oxygens (including phenoxy) is 2. The van der Waals surface area contributed by atoms with Crippen LogP contribution < -0.4 is 20.8 Å². The minimum absolute atomic E-state index is 0.0220. The van der Waals surface area contributed by atoms with E-state index in [1.54, 1.807) is 4.57 Å². The van der Waals surface area contributed by atoms with Crippen molar-refractivity contribution in [3.8, 4) is 5.75 Å². The molecule has 1 aromatic heterocycles. The van der Waals surface area contributed by atoms with E-state index in [1.807, 2.05) is 4.90 Å². The summed E-state index contributed by atoms with van der Waals surface area (Å²) in [6, 6.07) is 0.875. The lowest BCUT2D eigenvalue weighted by Crippen LogP contribution is -2.43. The molecule has 2 aliphatic heterocycles. The third-order valence-electron chi connectivity index (χ3n) is 5.42. The quantitative estimate of drug-likeness (QED) is 0.810. The molecule has 2 aliphatic rings. The first kappa shape index (κ1) is 18.7. The van der Waals surface area contributed by atoms with Crippen LogP contribution in [-0.4, -0.2) is 55.1 Å². The zero-order valence-electron chi connectivity index (χ0n) is 15.5. The molecule has 1 unspecified atom stereocenters. The highest BCUT2D eigenvalue weighted by atomic mass is 19.1. The van der Waals surface area contributed by atoms with E-state index in [2.05, 4.69) is 0 Å². The van der Waals surface area contributed by atoms with E-state index in [0.29, 0.717) is 31.8 Å². The Morgan fingerprint density at radius 2 is 2.18 bits per heavy atom. The van der Waals surface area contributed by atoms with Crippen molar-refractivity contribution in [2.75, 3.05) is 38.3 Å². The zero-order valence-corrected chi connectivity index (χ0v) is 15.5. The van der Waals surface area contributed by atoms with Gasteiger partial charge in [-0.15, -0.1) is 0 Å². The Morgan fingerprint density at radius 3 is 2.75 bits per heavy atom. The number of nitrogens with two attached hydrogens (primary N) is 1. The predicted molar refractivity (Wildman–Crippen MR) is 101 cm³/mol. The third kappa shape index (κ3) is 2.91. The highest BCUT2D eigenvalue weighted by molar-refractivity contribution is 5.97. The fourth-order valence-corrected chi connectivity index (χ4v) is 3.97. The largest absolute Gasteiger partial charge is 0.492 e. The molecule has 9 heteroatoms. The molecular formula is C19H22FN3O5. The number of carbonyl (C=O) groups is 1. The second-order valence-corrected chi connectivity index (χ2v) is 7.26. The Hall–Kier alpha value is -2.65. The summed E-state index contributed by atoms with van der Waals surface area (Å²) in [7, 11) is 1.42. The molecule has 0 amide bonds. The average molecular weight is 391 g/mol. The number of carboxylic acid groups (broad SMARTS) is 1. The first-order valence-electron chi connectivity index (χ1n) is 9.19. The van der Waals surface area contributed by atoms with E-state index in [9.17, 15) is 14.7 Å². The van der Waals surface area contributed by atoms with Crippen LogP contribution in [-0.2, 0) is 4.74 Å². The van der Waals surface area contributed by atoms with Crippen molar-refractivity contribution in [2.45, 2.75) is 24.9 Å². The number of aromatic nitrogens is 1. The molecule has 0 bridgehead atoms. The molecule has 2 aromatic rings. The lowest BCUT2D eigenvalue weighted by atomic mass is 10.0. The fraction of sp³-hybridized carbons (Fsp3) is 0.474. The molecule has 1 aromatic carbocycles. The van der Waals surface area contributed by atoms with Gasteiger partial charge in [0, 0.05) is 25.3 Å². The van der Waals surface area contributed by atoms with Crippen molar-refractivity contribution in [1.29, 1.82) is 0 Å². The van der Waals surface area contributed by atoms with E-state index in [4.69, 9.17) is 15.2 Å². The molecule has 1 atom stereocenters. The molecule has 0 aliphatic carbocycles. The van der Waals surface area contributed by atoms with Gasteiger partial charge in [0.1, 0.15) is 11.3 Å². The Kier molecular flexibility index (Phi) is 4.72. The summed E-state index contributed by atoms with van der Waals surface area (Å²) in [5.74, 6) is -1.77. The molecule has 3 N–H and O–H groups in total. The highest BCUT2D eigenvalue weighted by Gasteiger charge is 2.31. The highest BCUT2D eigenvalue weighted by Crippen LogP contribution is 2.40. The summed E-state index contributed by atoms with van der Waals surface area (Å²) in [4.78, 5) is 26.1. The number of piperidine rings is 1. The van der Waals surface area contributed by atoms with Crippen molar-refractivity contribution in [3.63, 3.8) is 0 Å². The summed E-state index contributed by atoms with van der Waals surface area (Å²) in [5, 5.41) is 9.39. The molecule has 4 rings (SSSR count). The van der Waals surface area contributed by atoms with Gasteiger partial charge in [0.25, 0.3) is 0 Å². The van der Waals surface area contributed by atoms with Crippen LogP contribution in [0.4, 0.5) is 10.1 Å². The van der Waals surface area contributed by atoms with E-state index in [0.717, 1.165) is 18.9 Å². The maximum atomic E-state index is 15.1. The number of nitrogens with zero attached hydrogens (tertiary/aromatic N) is 2. The van der Waals surface area contributed by atoms with Crippen LogP contribution >= 0.6 is 0 Å². The van der Waals surface area contributed by atoms with Gasteiger partial charge >= 0.3 is 5.97 Å².